The van der Waals surface area contributed by atoms with Gasteiger partial charge in [-0.2, -0.15) is 5.10 Å². The molecule has 0 spiro atoms. The van der Waals surface area contributed by atoms with E-state index in [0.29, 0.717) is 16.5 Å². The Morgan fingerprint density at radius 2 is 2.18 bits per heavy atom. The lowest BCUT2D eigenvalue weighted by molar-refractivity contribution is 0.112. The Kier molecular flexibility index (Phi) is 2.48. The number of benzene rings is 1. The summed E-state index contributed by atoms with van der Waals surface area (Å²) in [5.74, 6) is 0.607. The van der Waals surface area contributed by atoms with Gasteiger partial charge in [0.25, 0.3) is 0 Å². The smallest absolute Gasteiger partial charge is 0.153 e. The number of nitrogens with zero attached hydrogens (tertiary/aromatic N) is 2. The van der Waals surface area contributed by atoms with E-state index in [2.05, 4.69) is 5.10 Å². The molecule has 2 aromatic rings. The highest BCUT2D eigenvalue weighted by molar-refractivity contribution is 6.33. The maximum atomic E-state index is 11.0. The summed E-state index contributed by atoms with van der Waals surface area (Å²) in [7, 11) is 0. The van der Waals surface area contributed by atoms with Crippen LogP contribution in [0, 0.1) is 0 Å². The summed E-state index contributed by atoms with van der Waals surface area (Å²) in [4.78, 5) is 11.0. The van der Waals surface area contributed by atoms with Crippen LogP contribution in [0.15, 0.2) is 30.5 Å². The molecule has 0 N–H and O–H groups in total. The highest BCUT2D eigenvalue weighted by Gasteiger charge is 2.26. The number of aldehydes is 1. The molecule has 0 radical (unpaired) electrons. The molecule has 0 aliphatic heterocycles. The number of halogens is 1. The molecular formula is C13H11ClN2O. The van der Waals surface area contributed by atoms with E-state index in [1.54, 1.807) is 10.7 Å². The van der Waals surface area contributed by atoms with E-state index in [1.807, 2.05) is 24.4 Å². The van der Waals surface area contributed by atoms with Crippen molar-refractivity contribution in [1.82, 2.24) is 9.78 Å². The third-order valence-electron chi connectivity index (χ3n) is 3.00. The van der Waals surface area contributed by atoms with Gasteiger partial charge in [0.15, 0.2) is 6.29 Å². The first-order valence-electron chi connectivity index (χ1n) is 5.59. The van der Waals surface area contributed by atoms with Crippen molar-refractivity contribution in [3.05, 3.63) is 46.7 Å². The Bertz CT molecular complexity index is 573. The van der Waals surface area contributed by atoms with Crippen molar-refractivity contribution in [3.8, 4) is 5.69 Å². The molecule has 17 heavy (non-hydrogen) atoms. The van der Waals surface area contributed by atoms with Crippen molar-refractivity contribution in [2.45, 2.75) is 18.8 Å². The molecular weight excluding hydrogens is 236 g/mol. The van der Waals surface area contributed by atoms with Crippen molar-refractivity contribution in [2.24, 2.45) is 0 Å². The van der Waals surface area contributed by atoms with Crippen LogP contribution in [0.4, 0.5) is 0 Å². The molecule has 1 aromatic heterocycles. The predicted octanol–water partition coefficient (Wildman–Crippen LogP) is 3.22. The van der Waals surface area contributed by atoms with Crippen LogP contribution in [0.5, 0.6) is 0 Å². The van der Waals surface area contributed by atoms with Crippen LogP contribution in [0.1, 0.15) is 34.8 Å². The minimum absolute atomic E-state index is 0.459. The maximum Gasteiger partial charge on any atom is 0.153 e. The molecule has 3 rings (SSSR count). The second kappa shape index (κ2) is 4.00. The van der Waals surface area contributed by atoms with E-state index in [9.17, 15) is 4.79 Å². The zero-order chi connectivity index (χ0) is 11.8. The van der Waals surface area contributed by atoms with Gasteiger partial charge in [-0.3, -0.25) is 4.79 Å². The Hall–Kier alpha value is -1.61. The van der Waals surface area contributed by atoms with E-state index in [0.717, 1.165) is 17.7 Å². The standard InChI is InChI=1S/C13H11ClN2O/c14-11-2-1-3-13(10(11)8-17)16-7-6-12(15-16)9-4-5-9/h1-3,6-9H,4-5H2. The van der Waals surface area contributed by atoms with Crippen LogP contribution < -0.4 is 0 Å². The first-order valence-corrected chi connectivity index (χ1v) is 5.97. The molecule has 1 aromatic carbocycles. The highest BCUT2D eigenvalue weighted by atomic mass is 35.5. The van der Waals surface area contributed by atoms with Crippen molar-refractivity contribution in [3.63, 3.8) is 0 Å². The summed E-state index contributed by atoms with van der Waals surface area (Å²) in [5, 5.41) is 4.95. The van der Waals surface area contributed by atoms with Crippen LogP contribution in [0.3, 0.4) is 0 Å². The lowest BCUT2D eigenvalue weighted by Crippen LogP contribution is -2.00. The van der Waals surface area contributed by atoms with Gasteiger partial charge in [-0.05, 0) is 31.0 Å². The van der Waals surface area contributed by atoms with Crippen molar-refractivity contribution in [1.29, 1.82) is 0 Å². The van der Waals surface area contributed by atoms with Crippen molar-refractivity contribution < 1.29 is 4.79 Å². The summed E-state index contributed by atoms with van der Waals surface area (Å²) in [6.07, 6.45) is 5.09. The Morgan fingerprint density at radius 1 is 1.35 bits per heavy atom. The van der Waals surface area contributed by atoms with Gasteiger partial charge in [-0.25, -0.2) is 4.68 Å². The summed E-state index contributed by atoms with van der Waals surface area (Å²) in [5.41, 5.74) is 2.32. The normalized spacial score (nSPS) is 14.9. The molecule has 1 heterocycles. The molecule has 1 aliphatic carbocycles. The summed E-state index contributed by atoms with van der Waals surface area (Å²) < 4.78 is 1.73. The van der Waals surface area contributed by atoms with Gasteiger partial charge < -0.3 is 0 Å². The van der Waals surface area contributed by atoms with E-state index in [-0.39, 0.29) is 0 Å². The van der Waals surface area contributed by atoms with Crippen molar-refractivity contribution in [2.75, 3.05) is 0 Å². The second-order valence-corrected chi connectivity index (χ2v) is 4.66. The quantitative estimate of drug-likeness (QED) is 0.780. The molecule has 1 saturated carbocycles. The number of carbonyl (C=O) groups is 1. The molecule has 0 atom stereocenters. The fourth-order valence-corrected chi connectivity index (χ4v) is 2.13. The average molecular weight is 247 g/mol. The van der Waals surface area contributed by atoms with Gasteiger partial charge in [0.2, 0.25) is 0 Å². The van der Waals surface area contributed by atoms with Gasteiger partial charge in [0.05, 0.1) is 22.0 Å². The lowest BCUT2D eigenvalue weighted by atomic mass is 10.2. The molecule has 1 fully saturated rings. The first-order chi connectivity index (χ1) is 8.29. The molecule has 86 valence electrons. The zero-order valence-corrected chi connectivity index (χ0v) is 9.89. The van der Waals surface area contributed by atoms with Crippen LogP contribution in [0.25, 0.3) is 5.69 Å². The highest BCUT2D eigenvalue weighted by Crippen LogP contribution is 2.39. The monoisotopic (exact) mass is 246 g/mol. The van der Waals surface area contributed by atoms with Gasteiger partial charge >= 0.3 is 0 Å². The van der Waals surface area contributed by atoms with E-state index < -0.39 is 0 Å². The third-order valence-corrected chi connectivity index (χ3v) is 3.33. The SMILES string of the molecule is O=Cc1c(Cl)cccc1-n1ccc(C2CC2)n1. The number of rotatable bonds is 3. The van der Waals surface area contributed by atoms with E-state index in [1.165, 1.54) is 12.8 Å². The molecule has 4 heteroatoms. The molecule has 0 saturated heterocycles. The average Bonchev–Trinajstić information content (AvgIpc) is 3.07. The molecule has 0 bridgehead atoms. The molecule has 0 amide bonds. The number of aromatic nitrogens is 2. The van der Waals surface area contributed by atoms with Gasteiger partial charge in [-0.1, -0.05) is 17.7 Å². The van der Waals surface area contributed by atoms with Gasteiger partial charge in [0, 0.05) is 12.1 Å². The molecule has 1 aliphatic rings. The fraction of sp³-hybridized carbons (Fsp3) is 0.231. The van der Waals surface area contributed by atoms with Crippen LogP contribution in [-0.2, 0) is 0 Å². The number of hydrogen-bond donors (Lipinski definition) is 0. The molecule has 0 unspecified atom stereocenters. The topological polar surface area (TPSA) is 34.9 Å². The summed E-state index contributed by atoms with van der Waals surface area (Å²) >= 11 is 5.99. The van der Waals surface area contributed by atoms with Crippen molar-refractivity contribution >= 4 is 17.9 Å². The van der Waals surface area contributed by atoms with Crippen LogP contribution >= 0.6 is 11.6 Å². The second-order valence-electron chi connectivity index (χ2n) is 4.25. The van der Waals surface area contributed by atoms with Crippen LogP contribution in [-0.4, -0.2) is 16.1 Å². The Labute approximate surface area is 104 Å². The van der Waals surface area contributed by atoms with Gasteiger partial charge in [-0.15, -0.1) is 0 Å². The van der Waals surface area contributed by atoms with Crippen LogP contribution in [0.2, 0.25) is 5.02 Å². The fourth-order valence-electron chi connectivity index (χ4n) is 1.91. The lowest BCUT2D eigenvalue weighted by Gasteiger charge is -2.05. The number of carbonyl (C=O) groups excluding carboxylic acids is 1. The Morgan fingerprint density at radius 3 is 2.88 bits per heavy atom. The minimum atomic E-state index is 0.459. The van der Waals surface area contributed by atoms with Gasteiger partial charge in [0.1, 0.15) is 0 Å². The van der Waals surface area contributed by atoms with E-state index in [4.69, 9.17) is 11.6 Å². The largest absolute Gasteiger partial charge is 0.298 e. The Balaban J connectivity index is 2.07. The molecule has 3 nitrogen and oxygen atoms in total. The van der Waals surface area contributed by atoms with E-state index >= 15 is 0 Å². The third kappa shape index (κ3) is 1.87. The predicted molar refractivity (Wildman–Crippen MR) is 65.9 cm³/mol. The zero-order valence-electron chi connectivity index (χ0n) is 9.14. The summed E-state index contributed by atoms with van der Waals surface area (Å²) in [6, 6.07) is 7.38. The first kappa shape index (κ1) is 10.5. The number of hydrogen-bond acceptors (Lipinski definition) is 2. The summed E-state index contributed by atoms with van der Waals surface area (Å²) in [6.45, 7) is 0. The maximum absolute atomic E-state index is 11.0. The minimum Gasteiger partial charge on any atom is -0.298 e.